The van der Waals surface area contributed by atoms with Crippen molar-refractivity contribution in [3.8, 4) is 0 Å². The highest BCUT2D eigenvalue weighted by atomic mass is 32.2. The first-order chi connectivity index (χ1) is 18.2. The molecule has 0 aliphatic carbocycles. The molecule has 2 aromatic rings. The van der Waals surface area contributed by atoms with Crippen molar-refractivity contribution < 1.29 is 19.5 Å². The van der Waals surface area contributed by atoms with Crippen LogP contribution in [0.2, 0.25) is 0 Å². The van der Waals surface area contributed by atoms with Crippen molar-refractivity contribution in [2.24, 2.45) is 23.7 Å². The third-order valence-electron chi connectivity index (χ3n) is 8.45. The zero-order chi connectivity index (χ0) is 27.2. The van der Waals surface area contributed by atoms with Crippen molar-refractivity contribution in [1.29, 1.82) is 0 Å². The normalized spacial score (nSPS) is 30.7. The third-order valence-corrected chi connectivity index (χ3v) is 10.5. The fourth-order valence-electron chi connectivity index (χ4n) is 6.92. The van der Waals surface area contributed by atoms with E-state index in [2.05, 4.69) is 27.9 Å². The molecule has 3 saturated heterocycles. The second-order valence-electron chi connectivity index (χ2n) is 11.3. The Morgan fingerprint density at radius 1 is 1.24 bits per heavy atom. The fraction of sp³-hybridized carbons (Fsp3) is 0.667. The molecule has 0 radical (unpaired) electrons. The minimum Gasteiger partial charge on any atom is -0.394 e. The predicted octanol–water partition coefficient (Wildman–Crippen LogP) is 1.78. The predicted molar refractivity (Wildman–Crippen MR) is 145 cm³/mol. The van der Waals surface area contributed by atoms with Crippen molar-refractivity contribution in [2.45, 2.75) is 75.7 Å². The van der Waals surface area contributed by atoms with E-state index in [0.717, 1.165) is 23.9 Å². The zero-order valence-corrected chi connectivity index (χ0v) is 23.3. The molecular formula is C27H38N6O4S. The first-order valence-electron chi connectivity index (χ1n) is 13.7. The Labute approximate surface area is 227 Å². The van der Waals surface area contributed by atoms with Gasteiger partial charge in [-0.2, -0.15) is 0 Å². The number of benzene rings is 1. The standard InChI is InChI=1S/C27H38N6O4S/c1-5-10-28-24(35)21-20-12-16(4)27(38-20)22(21)26(37)33(17(13-34)11-15(2)3)23(27)25(36)29-14-32-19-9-7-6-8-18(19)30-31-32/h6-9,15-17,20-23,34H,5,10-14H2,1-4H3,(H,28,35)(H,29,36)/t16?,17-,20-,21+,22+,23?,27?/m1/s1. The van der Waals surface area contributed by atoms with E-state index in [1.807, 2.05) is 45.0 Å². The quantitative estimate of drug-likeness (QED) is 0.417. The molecule has 1 spiro atoms. The van der Waals surface area contributed by atoms with Crippen LogP contribution >= 0.6 is 11.8 Å². The lowest BCUT2D eigenvalue weighted by Gasteiger charge is -2.40. The highest BCUT2D eigenvalue weighted by Gasteiger charge is 2.76. The highest BCUT2D eigenvalue weighted by Crippen LogP contribution is 2.68. The van der Waals surface area contributed by atoms with E-state index in [0.29, 0.717) is 13.0 Å². The molecule has 0 saturated carbocycles. The number of aliphatic hydroxyl groups is 1. The lowest BCUT2D eigenvalue weighted by Crippen LogP contribution is -2.58. The summed E-state index contributed by atoms with van der Waals surface area (Å²) in [7, 11) is 0. The van der Waals surface area contributed by atoms with Crippen LogP contribution in [0.5, 0.6) is 0 Å². The minimum atomic E-state index is -0.792. The lowest BCUT2D eigenvalue weighted by atomic mass is 9.66. The number of nitrogens with zero attached hydrogens (tertiary/aromatic N) is 4. The number of para-hydroxylation sites is 1. The Balaban J connectivity index is 1.50. The third kappa shape index (κ3) is 4.18. The van der Waals surface area contributed by atoms with Crippen LogP contribution in [0.3, 0.4) is 0 Å². The van der Waals surface area contributed by atoms with Gasteiger partial charge in [-0.05, 0) is 43.2 Å². The molecule has 3 N–H and O–H groups in total. The van der Waals surface area contributed by atoms with Crippen LogP contribution in [0.25, 0.3) is 11.0 Å². The Morgan fingerprint density at radius 2 is 2.00 bits per heavy atom. The Morgan fingerprint density at radius 3 is 2.71 bits per heavy atom. The number of aliphatic hydroxyl groups excluding tert-OH is 1. The molecule has 3 amide bonds. The Kier molecular flexibility index (Phi) is 7.43. The van der Waals surface area contributed by atoms with Crippen molar-refractivity contribution >= 4 is 40.5 Å². The number of nitrogens with one attached hydrogen (secondary N) is 2. The maximum atomic E-state index is 14.2. The Hall–Kier alpha value is -2.66. The van der Waals surface area contributed by atoms with Crippen LogP contribution in [0.1, 0.15) is 47.0 Å². The summed E-state index contributed by atoms with van der Waals surface area (Å²) in [4.78, 5) is 43.3. The van der Waals surface area contributed by atoms with E-state index in [1.54, 1.807) is 21.3 Å². The number of likely N-dealkylation sites (tertiary alicyclic amines) is 1. The average molecular weight is 543 g/mol. The van der Waals surface area contributed by atoms with Gasteiger partial charge in [-0.25, -0.2) is 4.68 Å². The van der Waals surface area contributed by atoms with Crippen LogP contribution in [-0.4, -0.2) is 78.0 Å². The van der Waals surface area contributed by atoms with Crippen LogP contribution in [0.15, 0.2) is 24.3 Å². The summed E-state index contributed by atoms with van der Waals surface area (Å²) in [5.41, 5.74) is 1.53. The second kappa shape index (κ2) is 10.5. The lowest BCUT2D eigenvalue weighted by molar-refractivity contribution is -0.143. The summed E-state index contributed by atoms with van der Waals surface area (Å²) in [5, 5.41) is 24.8. The molecule has 3 aliphatic heterocycles. The van der Waals surface area contributed by atoms with Crippen molar-refractivity contribution in [2.75, 3.05) is 13.2 Å². The van der Waals surface area contributed by atoms with E-state index in [9.17, 15) is 19.5 Å². The monoisotopic (exact) mass is 542 g/mol. The molecule has 2 bridgehead atoms. The molecule has 11 heteroatoms. The van der Waals surface area contributed by atoms with E-state index in [-0.39, 0.29) is 48.1 Å². The number of aromatic nitrogens is 3. The summed E-state index contributed by atoms with van der Waals surface area (Å²) >= 11 is 1.64. The van der Waals surface area contributed by atoms with Gasteiger partial charge in [-0.15, -0.1) is 16.9 Å². The van der Waals surface area contributed by atoms with Crippen LogP contribution in [0.4, 0.5) is 0 Å². The molecule has 7 atom stereocenters. The van der Waals surface area contributed by atoms with Gasteiger partial charge in [-0.1, -0.05) is 45.0 Å². The van der Waals surface area contributed by atoms with E-state index in [1.165, 1.54) is 0 Å². The van der Waals surface area contributed by atoms with Gasteiger partial charge in [0.1, 0.15) is 18.2 Å². The molecule has 3 aliphatic rings. The average Bonchev–Trinajstić information content (AvgIpc) is 3.61. The largest absolute Gasteiger partial charge is 0.394 e. The fourth-order valence-corrected chi connectivity index (χ4v) is 9.33. The second-order valence-corrected chi connectivity index (χ2v) is 12.9. The number of rotatable bonds is 10. The van der Waals surface area contributed by atoms with Gasteiger partial charge in [0, 0.05) is 11.8 Å². The topological polar surface area (TPSA) is 129 Å². The number of carbonyl (C=O) groups is 3. The van der Waals surface area contributed by atoms with Gasteiger partial charge in [0.2, 0.25) is 17.7 Å². The van der Waals surface area contributed by atoms with Crippen LogP contribution in [0, 0.1) is 23.7 Å². The number of fused-ring (bicyclic) bond motifs is 2. The number of hydrogen-bond acceptors (Lipinski definition) is 7. The molecule has 5 rings (SSSR count). The van der Waals surface area contributed by atoms with Gasteiger partial charge in [0.05, 0.1) is 34.7 Å². The molecule has 1 aromatic heterocycles. The summed E-state index contributed by atoms with van der Waals surface area (Å²) < 4.78 is 0.902. The highest BCUT2D eigenvalue weighted by molar-refractivity contribution is 8.02. The van der Waals surface area contributed by atoms with Crippen LogP contribution < -0.4 is 10.6 Å². The summed E-state index contributed by atoms with van der Waals surface area (Å²) in [6, 6.07) is 6.23. The number of thioether (sulfide) groups is 1. The van der Waals surface area contributed by atoms with Crippen LogP contribution in [-0.2, 0) is 21.1 Å². The minimum absolute atomic E-state index is 0.00908. The molecule has 4 heterocycles. The van der Waals surface area contributed by atoms with Gasteiger partial charge >= 0.3 is 0 Å². The first-order valence-corrected chi connectivity index (χ1v) is 14.6. The molecular weight excluding hydrogens is 504 g/mol. The first kappa shape index (κ1) is 26.9. The maximum absolute atomic E-state index is 14.2. The Bertz CT molecular complexity index is 1220. The number of carbonyl (C=O) groups excluding carboxylic acids is 3. The number of hydrogen-bond donors (Lipinski definition) is 3. The van der Waals surface area contributed by atoms with Gasteiger partial charge < -0.3 is 20.6 Å². The molecule has 1 aromatic carbocycles. The van der Waals surface area contributed by atoms with Gasteiger partial charge in [0.15, 0.2) is 0 Å². The van der Waals surface area contributed by atoms with Crippen molar-refractivity contribution in [1.82, 2.24) is 30.5 Å². The van der Waals surface area contributed by atoms with E-state index < -0.39 is 28.7 Å². The van der Waals surface area contributed by atoms with Gasteiger partial charge in [0.25, 0.3) is 0 Å². The molecule has 206 valence electrons. The van der Waals surface area contributed by atoms with Gasteiger partial charge in [-0.3, -0.25) is 14.4 Å². The SMILES string of the molecule is CCCNC(=O)[C@@H]1[C@H]2C(=O)N([C@@H](CO)CC(C)C)C(C(=O)NCn3nnc4ccccc43)C23S[C@@H]1CC3C. The van der Waals surface area contributed by atoms with Crippen molar-refractivity contribution in [3.63, 3.8) is 0 Å². The molecule has 3 fully saturated rings. The molecule has 10 nitrogen and oxygen atoms in total. The molecule has 38 heavy (non-hydrogen) atoms. The van der Waals surface area contributed by atoms with E-state index >= 15 is 0 Å². The smallest absolute Gasteiger partial charge is 0.245 e. The summed E-state index contributed by atoms with van der Waals surface area (Å²) in [6.45, 7) is 8.60. The maximum Gasteiger partial charge on any atom is 0.245 e. The van der Waals surface area contributed by atoms with E-state index in [4.69, 9.17) is 0 Å². The summed E-state index contributed by atoms with van der Waals surface area (Å²) in [6.07, 6.45) is 2.15. The number of amides is 3. The molecule has 3 unspecified atom stereocenters. The zero-order valence-electron chi connectivity index (χ0n) is 22.5. The van der Waals surface area contributed by atoms with Crippen molar-refractivity contribution in [3.05, 3.63) is 24.3 Å². The summed E-state index contributed by atoms with van der Waals surface area (Å²) in [5.74, 6) is -1.36.